The second-order valence-corrected chi connectivity index (χ2v) is 9.74. The van der Waals surface area contributed by atoms with Crippen molar-refractivity contribution in [3.05, 3.63) is 82.0 Å². The van der Waals surface area contributed by atoms with Crippen LogP contribution >= 0.6 is 11.3 Å². The van der Waals surface area contributed by atoms with E-state index in [0.717, 1.165) is 21.6 Å². The van der Waals surface area contributed by atoms with E-state index in [0.29, 0.717) is 38.9 Å². The first kappa shape index (κ1) is 22.3. The number of nitrogens with zero attached hydrogens (tertiary/aromatic N) is 1. The van der Waals surface area contributed by atoms with E-state index < -0.39 is 5.41 Å². The average Bonchev–Trinajstić information content (AvgIpc) is 3.26. The molecule has 0 radical (unpaired) electrons. The highest BCUT2D eigenvalue weighted by Crippen LogP contribution is 2.37. The van der Waals surface area contributed by atoms with Crippen LogP contribution in [-0.2, 0) is 11.2 Å². The molecular weight excluding hydrogens is 416 g/mol. The highest BCUT2D eigenvalue weighted by atomic mass is 32.1. The van der Waals surface area contributed by atoms with Crippen LogP contribution in [0.2, 0.25) is 0 Å². The predicted molar refractivity (Wildman–Crippen MR) is 131 cm³/mol. The lowest BCUT2D eigenvalue weighted by Crippen LogP contribution is -2.51. The number of thiophene rings is 1. The lowest BCUT2D eigenvalue weighted by molar-refractivity contribution is -0.133. The zero-order chi connectivity index (χ0) is 22.6. The zero-order valence-electron chi connectivity index (χ0n) is 18.8. The normalized spacial score (nSPS) is 15.4. The maximum Gasteiger partial charge on any atom is 0.254 e. The molecule has 1 saturated heterocycles. The molecule has 1 N–H and O–H groups in total. The summed E-state index contributed by atoms with van der Waals surface area (Å²) < 4.78 is 0. The van der Waals surface area contributed by atoms with Gasteiger partial charge in [-0.25, -0.2) is 0 Å². The van der Waals surface area contributed by atoms with Crippen molar-refractivity contribution in [2.45, 2.75) is 33.1 Å². The van der Waals surface area contributed by atoms with Crippen molar-refractivity contribution in [2.75, 3.05) is 19.6 Å². The number of benzene rings is 2. The van der Waals surface area contributed by atoms with E-state index in [-0.39, 0.29) is 11.8 Å². The summed E-state index contributed by atoms with van der Waals surface area (Å²) in [4.78, 5) is 29.2. The molecule has 166 valence electrons. The number of likely N-dealkylation sites (tertiary alicyclic amines) is 1. The van der Waals surface area contributed by atoms with Crippen LogP contribution in [0.5, 0.6) is 0 Å². The largest absolute Gasteiger partial charge is 0.356 e. The number of aryl methyl sites for hydroxylation is 1. The zero-order valence-corrected chi connectivity index (χ0v) is 19.6. The number of nitrogens with one attached hydrogen (secondary N) is 1. The summed E-state index contributed by atoms with van der Waals surface area (Å²) >= 11 is 1.60. The summed E-state index contributed by atoms with van der Waals surface area (Å²) in [7, 11) is 0. The molecule has 2 amide bonds. The van der Waals surface area contributed by atoms with E-state index in [9.17, 15) is 9.59 Å². The van der Waals surface area contributed by atoms with E-state index in [1.807, 2.05) is 48.4 Å². The van der Waals surface area contributed by atoms with Crippen LogP contribution in [0.25, 0.3) is 11.1 Å². The van der Waals surface area contributed by atoms with Crippen LogP contribution in [0, 0.1) is 12.3 Å². The van der Waals surface area contributed by atoms with E-state index in [1.165, 1.54) is 5.56 Å². The Morgan fingerprint density at radius 3 is 2.38 bits per heavy atom. The Bertz CT molecular complexity index is 1080. The molecule has 0 atom stereocenters. The third kappa shape index (κ3) is 4.78. The van der Waals surface area contributed by atoms with Crippen molar-refractivity contribution in [1.82, 2.24) is 10.2 Å². The molecule has 1 aromatic heterocycles. The van der Waals surface area contributed by atoms with Crippen LogP contribution < -0.4 is 5.32 Å². The van der Waals surface area contributed by atoms with E-state index in [2.05, 4.69) is 41.7 Å². The molecule has 0 unspecified atom stereocenters. The number of piperidine rings is 1. The van der Waals surface area contributed by atoms with Crippen molar-refractivity contribution in [1.29, 1.82) is 0 Å². The summed E-state index contributed by atoms with van der Waals surface area (Å²) in [6.45, 7) is 5.79. The molecule has 3 aromatic rings. The fourth-order valence-electron chi connectivity index (χ4n) is 4.59. The number of amides is 2. The minimum absolute atomic E-state index is 0.0740. The van der Waals surface area contributed by atoms with Gasteiger partial charge in [-0.2, -0.15) is 0 Å². The lowest BCUT2D eigenvalue weighted by atomic mass is 9.72. The number of hydrogen-bond acceptors (Lipinski definition) is 3. The van der Waals surface area contributed by atoms with Gasteiger partial charge in [-0.05, 0) is 55.9 Å². The third-order valence-corrected chi connectivity index (χ3v) is 7.24. The summed E-state index contributed by atoms with van der Waals surface area (Å²) in [5.41, 5.74) is 3.76. The lowest BCUT2D eigenvalue weighted by Gasteiger charge is -2.41. The van der Waals surface area contributed by atoms with Gasteiger partial charge in [0.15, 0.2) is 0 Å². The molecule has 5 heteroatoms. The Kier molecular flexibility index (Phi) is 6.75. The molecule has 2 aromatic carbocycles. The molecule has 1 aliphatic rings. The molecule has 2 heterocycles. The van der Waals surface area contributed by atoms with Gasteiger partial charge in [0.25, 0.3) is 5.91 Å². The van der Waals surface area contributed by atoms with Crippen molar-refractivity contribution in [3.63, 3.8) is 0 Å². The highest BCUT2D eigenvalue weighted by molar-refractivity contribution is 7.10. The smallest absolute Gasteiger partial charge is 0.254 e. The van der Waals surface area contributed by atoms with Gasteiger partial charge in [-0.1, -0.05) is 54.6 Å². The molecule has 0 aliphatic carbocycles. The quantitative estimate of drug-likeness (QED) is 0.557. The van der Waals surface area contributed by atoms with Crippen molar-refractivity contribution < 1.29 is 9.59 Å². The van der Waals surface area contributed by atoms with Crippen LogP contribution in [0.3, 0.4) is 0 Å². The predicted octanol–water partition coefficient (Wildman–Crippen LogP) is 5.32. The third-order valence-electron chi connectivity index (χ3n) is 6.38. The number of hydrogen-bond donors (Lipinski definition) is 1. The molecule has 0 spiro atoms. The topological polar surface area (TPSA) is 49.4 Å². The SMILES string of the molecule is CCNC(=O)C1(Cc2cccc(-c3ccccc3)c2)CCN(C(=O)c2csc(C)c2)CC1. The monoisotopic (exact) mass is 446 g/mol. The number of carbonyl (C=O) groups is 2. The minimum atomic E-state index is -0.493. The van der Waals surface area contributed by atoms with Crippen LogP contribution in [0.15, 0.2) is 66.0 Å². The van der Waals surface area contributed by atoms with Gasteiger partial charge in [-0.3, -0.25) is 9.59 Å². The Morgan fingerprint density at radius 2 is 1.72 bits per heavy atom. The Morgan fingerprint density at radius 1 is 1.00 bits per heavy atom. The number of rotatable bonds is 6. The van der Waals surface area contributed by atoms with E-state index in [4.69, 9.17) is 0 Å². The standard InChI is InChI=1S/C27H30N2O2S/c1-3-28-26(31)27(12-14-29(15-13-27)25(30)24-16-20(2)32-19-24)18-21-8-7-11-23(17-21)22-9-5-4-6-10-22/h4-11,16-17,19H,3,12-15,18H2,1-2H3,(H,28,31). The van der Waals surface area contributed by atoms with Crippen molar-refractivity contribution in [3.8, 4) is 11.1 Å². The van der Waals surface area contributed by atoms with E-state index in [1.54, 1.807) is 11.3 Å². The van der Waals surface area contributed by atoms with Crippen LogP contribution in [0.4, 0.5) is 0 Å². The Hall–Kier alpha value is -2.92. The second-order valence-electron chi connectivity index (χ2n) is 8.62. The molecule has 32 heavy (non-hydrogen) atoms. The molecule has 4 rings (SSSR count). The fraction of sp³-hybridized carbons (Fsp3) is 0.333. The summed E-state index contributed by atoms with van der Waals surface area (Å²) in [5.74, 6) is 0.175. The average molecular weight is 447 g/mol. The van der Waals surface area contributed by atoms with Gasteiger partial charge in [0, 0.05) is 29.9 Å². The van der Waals surface area contributed by atoms with Gasteiger partial charge in [0.05, 0.1) is 11.0 Å². The first-order chi connectivity index (χ1) is 15.5. The first-order valence-electron chi connectivity index (χ1n) is 11.3. The summed E-state index contributed by atoms with van der Waals surface area (Å²) in [6, 6.07) is 20.8. The molecule has 4 nitrogen and oxygen atoms in total. The molecule has 1 aliphatic heterocycles. The van der Waals surface area contributed by atoms with Gasteiger partial charge >= 0.3 is 0 Å². The molecule has 0 bridgehead atoms. The Balaban J connectivity index is 1.53. The minimum Gasteiger partial charge on any atom is -0.356 e. The summed E-state index contributed by atoms with van der Waals surface area (Å²) in [5, 5.41) is 4.99. The highest BCUT2D eigenvalue weighted by Gasteiger charge is 2.42. The maximum atomic E-state index is 13.2. The fourth-order valence-corrected chi connectivity index (χ4v) is 5.27. The van der Waals surface area contributed by atoms with Gasteiger partial charge < -0.3 is 10.2 Å². The van der Waals surface area contributed by atoms with E-state index >= 15 is 0 Å². The van der Waals surface area contributed by atoms with Gasteiger partial charge in [0.2, 0.25) is 5.91 Å². The maximum absolute atomic E-state index is 13.2. The van der Waals surface area contributed by atoms with Gasteiger partial charge in [-0.15, -0.1) is 11.3 Å². The van der Waals surface area contributed by atoms with Crippen LogP contribution in [-0.4, -0.2) is 36.3 Å². The first-order valence-corrected chi connectivity index (χ1v) is 12.2. The number of carbonyl (C=O) groups excluding carboxylic acids is 2. The van der Waals surface area contributed by atoms with Crippen molar-refractivity contribution in [2.24, 2.45) is 5.41 Å². The summed E-state index contributed by atoms with van der Waals surface area (Å²) in [6.07, 6.45) is 2.02. The second kappa shape index (κ2) is 9.70. The van der Waals surface area contributed by atoms with Crippen molar-refractivity contribution >= 4 is 23.2 Å². The molecular formula is C27H30N2O2S. The molecule has 0 saturated carbocycles. The Labute approximate surface area is 194 Å². The van der Waals surface area contributed by atoms with Gasteiger partial charge in [0.1, 0.15) is 0 Å². The van der Waals surface area contributed by atoms with Crippen LogP contribution in [0.1, 0.15) is 40.6 Å². The molecule has 1 fully saturated rings.